The van der Waals surface area contributed by atoms with Crippen LogP contribution >= 0.6 is 0 Å². The fraction of sp³-hybridized carbons (Fsp3) is 0.846. The Morgan fingerprint density at radius 2 is 2.11 bits per heavy atom. The van der Waals surface area contributed by atoms with Crippen LogP contribution in [0, 0.1) is 5.41 Å². The van der Waals surface area contributed by atoms with Crippen molar-refractivity contribution >= 4 is 11.8 Å². The molecule has 0 radical (unpaired) electrons. The van der Waals surface area contributed by atoms with Gasteiger partial charge in [-0.3, -0.25) is 9.59 Å². The zero-order valence-corrected chi connectivity index (χ0v) is 11.9. The van der Waals surface area contributed by atoms with Crippen molar-refractivity contribution in [3.8, 4) is 0 Å². The Bertz CT molecular complexity index is 325. The maximum Gasteiger partial charge on any atom is 0.225 e. The molecule has 1 atom stereocenters. The summed E-state index contributed by atoms with van der Waals surface area (Å²) in [6, 6.07) is 0. The maximum absolute atomic E-state index is 11.9. The summed E-state index contributed by atoms with van der Waals surface area (Å²) in [5.41, 5.74) is -0.440. The Kier molecular flexibility index (Phi) is 5.75. The minimum atomic E-state index is -0.440. The summed E-state index contributed by atoms with van der Waals surface area (Å²) in [4.78, 5) is 25.2. The molecule has 0 saturated carbocycles. The van der Waals surface area contributed by atoms with Crippen LogP contribution in [0.5, 0.6) is 0 Å². The molecule has 0 spiro atoms. The van der Waals surface area contributed by atoms with Crippen molar-refractivity contribution in [1.82, 2.24) is 10.2 Å². The summed E-state index contributed by atoms with van der Waals surface area (Å²) in [6.45, 7) is 7.17. The average Bonchev–Trinajstić information content (AvgIpc) is 2.37. The van der Waals surface area contributed by atoms with Crippen LogP contribution in [0.15, 0.2) is 0 Å². The second-order valence-electron chi connectivity index (χ2n) is 5.77. The molecule has 1 unspecified atom stereocenters. The van der Waals surface area contributed by atoms with E-state index in [1.807, 2.05) is 20.8 Å². The highest BCUT2D eigenvalue weighted by atomic mass is 16.5. The molecule has 1 heterocycles. The summed E-state index contributed by atoms with van der Waals surface area (Å²) >= 11 is 0. The Morgan fingerprint density at radius 3 is 2.68 bits per heavy atom. The van der Waals surface area contributed by atoms with E-state index in [1.54, 1.807) is 4.90 Å². The van der Waals surface area contributed by atoms with E-state index in [9.17, 15) is 9.59 Å². The molecule has 0 aromatic rings. The van der Waals surface area contributed by atoms with Gasteiger partial charge in [-0.15, -0.1) is 0 Å². The summed E-state index contributed by atoms with van der Waals surface area (Å²) in [5, 5.41) is 11.8. The average molecular weight is 272 g/mol. The standard InChI is InChI=1S/C13H24N2O4/c1-13(2,3)12(18)14-5-4-11(17)15-6-7-19-10(8-15)9-16/h10,16H,4-9H2,1-3H3,(H,14,18). The van der Waals surface area contributed by atoms with Crippen molar-refractivity contribution in [2.45, 2.75) is 33.3 Å². The Labute approximate surface area is 114 Å². The molecular formula is C13H24N2O4. The van der Waals surface area contributed by atoms with Crippen LogP contribution < -0.4 is 5.32 Å². The molecule has 1 fully saturated rings. The third-order valence-electron chi connectivity index (χ3n) is 3.00. The smallest absolute Gasteiger partial charge is 0.225 e. The third-order valence-corrected chi connectivity index (χ3v) is 3.00. The lowest BCUT2D eigenvalue weighted by Gasteiger charge is -2.32. The van der Waals surface area contributed by atoms with E-state index in [0.29, 0.717) is 26.2 Å². The molecule has 110 valence electrons. The van der Waals surface area contributed by atoms with Crippen LogP contribution in [0.1, 0.15) is 27.2 Å². The van der Waals surface area contributed by atoms with Gasteiger partial charge in [-0.1, -0.05) is 20.8 Å². The molecule has 1 rings (SSSR count). The van der Waals surface area contributed by atoms with Gasteiger partial charge in [-0.25, -0.2) is 0 Å². The van der Waals surface area contributed by atoms with Crippen LogP contribution in [-0.2, 0) is 14.3 Å². The van der Waals surface area contributed by atoms with Gasteiger partial charge >= 0.3 is 0 Å². The highest BCUT2D eigenvalue weighted by Crippen LogP contribution is 2.12. The molecule has 2 N–H and O–H groups in total. The normalized spacial score (nSPS) is 20.2. The van der Waals surface area contributed by atoms with Gasteiger partial charge in [0.1, 0.15) is 0 Å². The maximum atomic E-state index is 11.9. The van der Waals surface area contributed by atoms with E-state index in [-0.39, 0.29) is 30.9 Å². The molecule has 6 nitrogen and oxygen atoms in total. The Hall–Kier alpha value is -1.14. The first kappa shape index (κ1) is 15.9. The second kappa shape index (κ2) is 6.86. The van der Waals surface area contributed by atoms with Crippen LogP contribution in [0.4, 0.5) is 0 Å². The molecule has 19 heavy (non-hydrogen) atoms. The van der Waals surface area contributed by atoms with Gasteiger partial charge in [0.05, 0.1) is 19.3 Å². The minimum Gasteiger partial charge on any atom is -0.394 e. The largest absolute Gasteiger partial charge is 0.394 e. The molecule has 1 saturated heterocycles. The monoisotopic (exact) mass is 272 g/mol. The van der Waals surface area contributed by atoms with Crippen molar-refractivity contribution in [3.05, 3.63) is 0 Å². The number of carbonyl (C=O) groups is 2. The van der Waals surface area contributed by atoms with Crippen molar-refractivity contribution in [1.29, 1.82) is 0 Å². The quantitative estimate of drug-likeness (QED) is 0.740. The number of hydrogen-bond donors (Lipinski definition) is 2. The first-order valence-corrected chi connectivity index (χ1v) is 6.63. The van der Waals surface area contributed by atoms with Crippen LogP contribution in [0.3, 0.4) is 0 Å². The highest BCUT2D eigenvalue weighted by molar-refractivity contribution is 5.82. The van der Waals surface area contributed by atoms with E-state index in [1.165, 1.54) is 0 Å². The van der Waals surface area contributed by atoms with E-state index in [2.05, 4.69) is 5.32 Å². The molecule has 0 bridgehead atoms. The summed E-state index contributed by atoms with van der Waals surface area (Å²) in [6.07, 6.45) is -0.0122. The van der Waals surface area contributed by atoms with Crippen molar-refractivity contribution < 1.29 is 19.4 Å². The van der Waals surface area contributed by atoms with Gasteiger partial charge in [0.25, 0.3) is 0 Å². The van der Waals surface area contributed by atoms with Crippen LogP contribution in [-0.4, -0.2) is 60.8 Å². The Morgan fingerprint density at radius 1 is 1.42 bits per heavy atom. The Balaban J connectivity index is 2.29. The molecular weight excluding hydrogens is 248 g/mol. The number of carbonyl (C=O) groups excluding carboxylic acids is 2. The minimum absolute atomic E-state index is 0.0176. The van der Waals surface area contributed by atoms with Crippen molar-refractivity contribution in [2.24, 2.45) is 5.41 Å². The number of aliphatic hydroxyl groups excluding tert-OH is 1. The van der Waals surface area contributed by atoms with Gasteiger partial charge in [0.2, 0.25) is 11.8 Å². The topological polar surface area (TPSA) is 78.9 Å². The number of amides is 2. The predicted octanol–water partition coefficient (Wildman–Crippen LogP) is -0.241. The van der Waals surface area contributed by atoms with E-state index in [4.69, 9.17) is 9.84 Å². The molecule has 6 heteroatoms. The molecule has 1 aliphatic rings. The first-order chi connectivity index (χ1) is 8.84. The lowest BCUT2D eigenvalue weighted by molar-refractivity contribution is -0.140. The molecule has 2 amide bonds. The van der Waals surface area contributed by atoms with Gasteiger partial charge in [-0.05, 0) is 0 Å². The van der Waals surface area contributed by atoms with Gasteiger partial charge < -0.3 is 20.1 Å². The lowest BCUT2D eigenvalue weighted by atomic mass is 9.96. The number of hydrogen-bond acceptors (Lipinski definition) is 4. The van der Waals surface area contributed by atoms with Gasteiger partial charge in [0, 0.05) is 31.5 Å². The second-order valence-corrected chi connectivity index (χ2v) is 5.77. The summed E-state index contributed by atoms with van der Waals surface area (Å²) < 4.78 is 5.28. The van der Waals surface area contributed by atoms with Crippen LogP contribution in [0.25, 0.3) is 0 Å². The number of nitrogens with zero attached hydrogens (tertiary/aromatic N) is 1. The molecule has 0 aromatic carbocycles. The van der Waals surface area contributed by atoms with Gasteiger partial charge in [-0.2, -0.15) is 0 Å². The third kappa shape index (κ3) is 5.16. The fourth-order valence-electron chi connectivity index (χ4n) is 1.76. The van der Waals surface area contributed by atoms with E-state index < -0.39 is 5.41 Å². The first-order valence-electron chi connectivity index (χ1n) is 6.63. The molecule has 1 aliphatic heterocycles. The molecule has 0 aliphatic carbocycles. The highest BCUT2D eigenvalue weighted by Gasteiger charge is 2.24. The van der Waals surface area contributed by atoms with E-state index in [0.717, 1.165) is 0 Å². The predicted molar refractivity (Wildman–Crippen MR) is 70.5 cm³/mol. The van der Waals surface area contributed by atoms with Crippen molar-refractivity contribution in [2.75, 3.05) is 32.8 Å². The fourth-order valence-corrected chi connectivity index (χ4v) is 1.76. The van der Waals surface area contributed by atoms with E-state index >= 15 is 0 Å². The number of rotatable bonds is 4. The molecule has 0 aromatic heterocycles. The van der Waals surface area contributed by atoms with Crippen LogP contribution in [0.2, 0.25) is 0 Å². The number of morpholine rings is 1. The zero-order valence-electron chi connectivity index (χ0n) is 11.9. The van der Waals surface area contributed by atoms with Gasteiger partial charge in [0.15, 0.2) is 0 Å². The number of ether oxygens (including phenoxy) is 1. The van der Waals surface area contributed by atoms with Crippen molar-refractivity contribution in [3.63, 3.8) is 0 Å². The summed E-state index contributed by atoms with van der Waals surface area (Å²) in [7, 11) is 0. The number of nitrogens with one attached hydrogen (secondary N) is 1. The number of aliphatic hydroxyl groups is 1. The SMILES string of the molecule is CC(C)(C)C(=O)NCCC(=O)N1CCOC(CO)C1. The zero-order chi connectivity index (χ0) is 14.5. The summed E-state index contributed by atoms with van der Waals surface area (Å²) in [5.74, 6) is -0.0773. The lowest BCUT2D eigenvalue weighted by Crippen LogP contribution is -2.47.